The van der Waals surface area contributed by atoms with Gasteiger partial charge in [0.05, 0.1) is 6.10 Å². The summed E-state index contributed by atoms with van der Waals surface area (Å²) in [6.45, 7) is 7.05. The smallest absolute Gasteiger partial charge is 0.0518 e. The molecule has 0 amide bonds. The number of pyridine rings is 1. The Bertz CT molecular complexity index is 280. The predicted octanol–water partition coefficient (Wildman–Crippen LogP) is 2.58. The maximum absolute atomic E-state index is 5.47. The molecular formula is C13H22N2OS. The van der Waals surface area contributed by atoms with E-state index in [1.807, 2.05) is 36.3 Å². The van der Waals surface area contributed by atoms with Gasteiger partial charge in [-0.3, -0.25) is 4.98 Å². The van der Waals surface area contributed by atoms with E-state index in [4.69, 9.17) is 4.74 Å². The van der Waals surface area contributed by atoms with E-state index in [2.05, 4.69) is 24.1 Å². The van der Waals surface area contributed by atoms with Crippen molar-refractivity contribution in [2.45, 2.75) is 31.3 Å². The highest BCUT2D eigenvalue weighted by molar-refractivity contribution is 7.99. The minimum absolute atomic E-state index is 0.345. The van der Waals surface area contributed by atoms with E-state index in [1.165, 1.54) is 4.90 Å². The summed E-state index contributed by atoms with van der Waals surface area (Å²) in [5, 5.41) is 3.41. The molecule has 0 fully saturated rings. The van der Waals surface area contributed by atoms with Gasteiger partial charge < -0.3 is 10.1 Å². The number of nitrogens with one attached hydrogen (secondary N) is 1. The van der Waals surface area contributed by atoms with E-state index >= 15 is 0 Å². The lowest BCUT2D eigenvalue weighted by Gasteiger charge is -2.08. The lowest BCUT2D eigenvalue weighted by Crippen LogP contribution is -2.20. The van der Waals surface area contributed by atoms with Crippen molar-refractivity contribution in [1.29, 1.82) is 0 Å². The molecule has 0 saturated heterocycles. The maximum Gasteiger partial charge on any atom is 0.0518 e. The van der Waals surface area contributed by atoms with Crippen molar-refractivity contribution in [3.63, 3.8) is 0 Å². The lowest BCUT2D eigenvalue weighted by molar-refractivity contribution is 0.0772. The third-order valence-corrected chi connectivity index (χ3v) is 3.16. The predicted molar refractivity (Wildman–Crippen MR) is 73.5 cm³/mol. The zero-order valence-electron chi connectivity index (χ0n) is 10.7. The fraction of sp³-hybridized carbons (Fsp3) is 0.615. The van der Waals surface area contributed by atoms with Crippen molar-refractivity contribution in [3.8, 4) is 0 Å². The number of hydrogen-bond acceptors (Lipinski definition) is 4. The first-order chi connectivity index (χ1) is 8.29. The maximum atomic E-state index is 5.47. The molecule has 1 aromatic rings. The molecule has 1 rings (SSSR count). The largest absolute Gasteiger partial charge is 0.379 e. The summed E-state index contributed by atoms with van der Waals surface area (Å²) in [6, 6.07) is 4.09. The molecule has 4 heteroatoms. The Kier molecular flexibility index (Phi) is 8.05. The fourth-order valence-electron chi connectivity index (χ4n) is 1.32. The first kappa shape index (κ1) is 14.5. The van der Waals surface area contributed by atoms with Crippen molar-refractivity contribution in [1.82, 2.24) is 10.3 Å². The van der Waals surface area contributed by atoms with E-state index in [-0.39, 0.29) is 0 Å². The van der Waals surface area contributed by atoms with Crippen molar-refractivity contribution in [2.24, 2.45) is 0 Å². The molecule has 0 spiro atoms. The molecule has 3 nitrogen and oxygen atoms in total. The molecule has 0 atom stereocenters. The summed E-state index contributed by atoms with van der Waals surface area (Å²) in [7, 11) is 0. The Morgan fingerprint density at radius 1 is 1.29 bits per heavy atom. The number of nitrogens with zero attached hydrogens (tertiary/aromatic N) is 1. The summed E-state index contributed by atoms with van der Waals surface area (Å²) in [6.07, 6.45) is 5.09. The van der Waals surface area contributed by atoms with Crippen LogP contribution in [0.3, 0.4) is 0 Å². The summed E-state index contributed by atoms with van der Waals surface area (Å²) in [4.78, 5) is 5.28. The van der Waals surface area contributed by atoms with Crippen LogP contribution in [0.1, 0.15) is 20.3 Å². The van der Waals surface area contributed by atoms with E-state index in [9.17, 15) is 0 Å². The lowest BCUT2D eigenvalue weighted by atomic mass is 10.4. The van der Waals surface area contributed by atoms with Crippen LogP contribution >= 0.6 is 11.8 Å². The first-order valence-electron chi connectivity index (χ1n) is 6.14. The van der Waals surface area contributed by atoms with Crippen LogP contribution in [0.2, 0.25) is 0 Å². The van der Waals surface area contributed by atoms with Gasteiger partial charge in [0.2, 0.25) is 0 Å². The van der Waals surface area contributed by atoms with Crippen LogP contribution in [0, 0.1) is 0 Å². The highest BCUT2D eigenvalue weighted by Crippen LogP contribution is 2.14. The summed E-state index contributed by atoms with van der Waals surface area (Å²) < 4.78 is 5.47. The zero-order chi connectivity index (χ0) is 12.3. The van der Waals surface area contributed by atoms with Gasteiger partial charge in [0.25, 0.3) is 0 Å². The molecule has 1 N–H and O–H groups in total. The number of hydrogen-bond donors (Lipinski definition) is 1. The molecule has 0 bridgehead atoms. The van der Waals surface area contributed by atoms with Gasteiger partial charge in [-0.1, -0.05) is 0 Å². The van der Waals surface area contributed by atoms with Gasteiger partial charge in [-0.2, -0.15) is 0 Å². The van der Waals surface area contributed by atoms with Gasteiger partial charge in [-0.25, -0.2) is 0 Å². The third-order valence-electron chi connectivity index (χ3n) is 2.15. The second-order valence-corrected chi connectivity index (χ2v) is 5.22. The van der Waals surface area contributed by atoms with Crippen LogP contribution < -0.4 is 5.32 Å². The number of ether oxygens (including phenoxy) is 1. The zero-order valence-corrected chi connectivity index (χ0v) is 11.5. The first-order valence-corrected chi connectivity index (χ1v) is 7.12. The average molecular weight is 254 g/mol. The fourth-order valence-corrected chi connectivity index (χ4v) is 2.11. The van der Waals surface area contributed by atoms with Crippen LogP contribution in [0.5, 0.6) is 0 Å². The van der Waals surface area contributed by atoms with Gasteiger partial charge in [-0.15, -0.1) is 11.8 Å². The standard InChI is InChI=1S/C13H22N2OS/c1-12(2)16-10-3-6-14-9-11-17-13-4-7-15-8-5-13/h4-5,7-8,12,14H,3,6,9-11H2,1-2H3. The van der Waals surface area contributed by atoms with Crippen LogP contribution in [-0.4, -0.2) is 36.5 Å². The molecule has 96 valence electrons. The summed E-state index contributed by atoms with van der Waals surface area (Å²) >= 11 is 1.86. The van der Waals surface area contributed by atoms with E-state index in [1.54, 1.807) is 0 Å². The van der Waals surface area contributed by atoms with Crippen molar-refractivity contribution >= 4 is 11.8 Å². The Hall–Kier alpha value is -0.580. The molecule has 0 aliphatic rings. The number of thioether (sulfide) groups is 1. The second-order valence-electron chi connectivity index (χ2n) is 4.05. The van der Waals surface area contributed by atoms with Gasteiger partial charge in [-0.05, 0) is 38.9 Å². The van der Waals surface area contributed by atoms with Crippen molar-refractivity contribution in [3.05, 3.63) is 24.5 Å². The molecule has 0 unspecified atom stereocenters. The van der Waals surface area contributed by atoms with Crippen molar-refractivity contribution in [2.75, 3.05) is 25.4 Å². The summed E-state index contributed by atoms with van der Waals surface area (Å²) in [5.74, 6) is 1.09. The van der Waals surface area contributed by atoms with Crippen molar-refractivity contribution < 1.29 is 4.74 Å². The normalized spacial score (nSPS) is 11.0. The van der Waals surface area contributed by atoms with Crippen LogP contribution in [0.15, 0.2) is 29.4 Å². The SMILES string of the molecule is CC(C)OCCCNCCSc1ccncc1. The summed E-state index contributed by atoms with van der Waals surface area (Å²) in [5.41, 5.74) is 0. The monoisotopic (exact) mass is 254 g/mol. The second kappa shape index (κ2) is 9.45. The molecule has 0 radical (unpaired) electrons. The third kappa shape index (κ3) is 8.18. The molecule has 1 aromatic heterocycles. The van der Waals surface area contributed by atoms with E-state index in [0.717, 1.165) is 31.9 Å². The Morgan fingerprint density at radius 2 is 2.06 bits per heavy atom. The van der Waals surface area contributed by atoms with Gasteiger partial charge >= 0.3 is 0 Å². The molecule has 0 saturated carbocycles. The minimum atomic E-state index is 0.345. The number of rotatable bonds is 9. The van der Waals surface area contributed by atoms with Gasteiger partial charge in [0.15, 0.2) is 0 Å². The Morgan fingerprint density at radius 3 is 2.76 bits per heavy atom. The van der Waals surface area contributed by atoms with Crippen LogP contribution in [-0.2, 0) is 4.74 Å². The van der Waals surface area contributed by atoms with E-state index in [0.29, 0.717) is 6.10 Å². The van der Waals surface area contributed by atoms with Gasteiger partial charge in [0.1, 0.15) is 0 Å². The van der Waals surface area contributed by atoms with Crippen LogP contribution in [0.25, 0.3) is 0 Å². The van der Waals surface area contributed by atoms with Gasteiger partial charge in [0, 0.05) is 36.2 Å². The highest BCUT2D eigenvalue weighted by Gasteiger charge is 1.94. The molecular weight excluding hydrogens is 232 g/mol. The molecule has 0 aromatic carbocycles. The Labute approximate surface area is 108 Å². The average Bonchev–Trinajstić information content (AvgIpc) is 2.33. The van der Waals surface area contributed by atoms with E-state index < -0.39 is 0 Å². The molecule has 0 aliphatic heterocycles. The molecule has 17 heavy (non-hydrogen) atoms. The highest BCUT2D eigenvalue weighted by atomic mass is 32.2. The quantitative estimate of drug-likeness (QED) is 0.542. The topological polar surface area (TPSA) is 34.1 Å². The minimum Gasteiger partial charge on any atom is -0.379 e. The molecule has 0 aliphatic carbocycles. The number of aromatic nitrogens is 1. The Balaban J connectivity index is 1.88. The molecule has 1 heterocycles. The van der Waals surface area contributed by atoms with Crippen LogP contribution in [0.4, 0.5) is 0 Å².